The van der Waals surface area contributed by atoms with Crippen LogP contribution in [0.3, 0.4) is 0 Å². The highest BCUT2D eigenvalue weighted by Crippen LogP contribution is 2.45. The monoisotopic (exact) mass is 245 g/mol. The Morgan fingerprint density at radius 2 is 2.22 bits per heavy atom. The summed E-state index contributed by atoms with van der Waals surface area (Å²) in [5, 5.41) is 22.1. The summed E-state index contributed by atoms with van der Waals surface area (Å²) in [7, 11) is 0. The maximum absolute atomic E-state index is 11.9. The molecule has 1 fully saturated rings. The summed E-state index contributed by atoms with van der Waals surface area (Å²) in [5.74, 6) is -0.381. The van der Waals surface area contributed by atoms with Gasteiger partial charge in [0.05, 0.1) is 16.7 Å². The number of hydrogen-bond donors (Lipinski definition) is 1. The van der Waals surface area contributed by atoms with Gasteiger partial charge in [-0.25, -0.2) is 0 Å². The fraction of sp³-hybridized carbons (Fsp3) is 0.333. The first kappa shape index (κ1) is 12.0. The van der Waals surface area contributed by atoms with Gasteiger partial charge < -0.3 is 5.32 Å². The molecular formula is C12H11N3O3. The number of nitro groups is 1. The van der Waals surface area contributed by atoms with Crippen molar-refractivity contribution in [2.24, 2.45) is 5.41 Å². The smallest absolute Gasteiger partial charge is 0.271 e. The lowest BCUT2D eigenvalue weighted by Gasteiger charge is -2.10. The number of aryl methyl sites for hydroxylation is 1. The minimum absolute atomic E-state index is 0.0855. The molecule has 1 aromatic carbocycles. The summed E-state index contributed by atoms with van der Waals surface area (Å²) in [4.78, 5) is 22.0. The van der Waals surface area contributed by atoms with Crippen LogP contribution in [0.5, 0.6) is 0 Å². The first-order chi connectivity index (χ1) is 8.48. The maximum atomic E-state index is 11.9. The molecule has 0 saturated heterocycles. The third kappa shape index (κ3) is 2.02. The number of benzene rings is 1. The Morgan fingerprint density at radius 3 is 2.72 bits per heavy atom. The molecule has 6 nitrogen and oxygen atoms in total. The minimum atomic E-state index is -0.933. The molecule has 0 radical (unpaired) electrons. The summed E-state index contributed by atoms with van der Waals surface area (Å²) < 4.78 is 0. The third-order valence-corrected chi connectivity index (χ3v) is 3.08. The van der Waals surface area contributed by atoms with Crippen LogP contribution in [0.4, 0.5) is 11.4 Å². The lowest BCUT2D eigenvalue weighted by atomic mass is 10.1. The van der Waals surface area contributed by atoms with Gasteiger partial charge in [-0.2, -0.15) is 5.26 Å². The topological polar surface area (TPSA) is 96.0 Å². The van der Waals surface area contributed by atoms with E-state index in [1.165, 1.54) is 12.1 Å². The minimum Gasteiger partial charge on any atom is -0.324 e. The Balaban J connectivity index is 2.24. The molecule has 0 heterocycles. The van der Waals surface area contributed by atoms with E-state index in [2.05, 4.69) is 5.32 Å². The van der Waals surface area contributed by atoms with Crippen molar-refractivity contribution in [3.63, 3.8) is 0 Å². The molecule has 0 unspecified atom stereocenters. The predicted octanol–water partition coefficient (Wildman–Crippen LogP) is 2.15. The Hall–Kier alpha value is -2.42. The summed E-state index contributed by atoms with van der Waals surface area (Å²) in [6.45, 7) is 1.74. The zero-order valence-corrected chi connectivity index (χ0v) is 9.77. The van der Waals surface area contributed by atoms with E-state index in [9.17, 15) is 14.9 Å². The highest BCUT2D eigenvalue weighted by Gasteiger charge is 2.50. The van der Waals surface area contributed by atoms with E-state index in [1.807, 2.05) is 6.07 Å². The molecule has 1 amide bonds. The zero-order valence-electron chi connectivity index (χ0n) is 9.77. The molecule has 0 atom stereocenters. The van der Waals surface area contributed by atoms with Crippen molar-refractivity contribution in [3.05, 3.63) is 33.9 Å². The molecule has 2 rings (SSSR count). The summed E-state index contributed by atoms with van der Waals surface area (Å²) in [6, 6.07) is 6.24. The van der Waals surface area contributed by atoms with Crippen molar-refractivity contribution < 1.29 is 9.72 Å². The molecular weight excluding hydrogens is 234 g/mol. The number of rotatable bonds is 3. The van der Waals surface area contributed by atoms with Gasteiger partial charge in [-0.3, -0.25) is 14.9 Å². The lowest BCUT2D eigenvalue weighted by Crippen LogP contribution is -2.23. The number of nitro benzene ring substituents is 1. The van der Waals surface area contributed by atoms with E-state index in [-0.39, 0.29) is 11.6 Å². The second-order valence-corrected chi connectivity index (χ2v) is 4.40. The molecule has 0 spiro atoms. The Kier molecular flexibility index (Phi) is 2.75. The van der Waals surface area contributed by atoms with Gasteiger partial charge in [0.25, 0.3) is 5.69 Å². The van der Waals surface area contributed by atoms with Crippen LogP contribution in [0.1, 0.15) is 18.4 Å². The van der Waals surface area contributed by atoms with Crippen LogP contribution in [-0.2, 0) is 4.79 Å². The fourth-order valence-corrected chi connectivity index (χ4v) is 1.61. The van der Waals surface area contributed by atoms with E-state index < -0.39 is 10.3 Å². The van der Waals surface area contributed by atoms with Gasteiger partial charge in [-0.05, 0) is 25.3 Å². The summed E-state index contributed by atoms with van der Waals surface area (Å²) >= 11 is 0. The van der Waals surface area contributed by atoms with Gasteiger partial charge in [0.15, 0.2) is 0 Å². The van der Waals surface area contributed by atoms with Crippen molar-refractivity contribution in [1.29, 1.82) is 5.26 Å². The molecule has 0 aliphatic heterocycles. The van der Waals surface area contributed by atoms with Gasteiger partial charge in [0.2, 0.25) is 5.91 Å². The van der Waals surface area contributed by atoms with E-state index >= 15 is 0 Å². The van der Waals surface area contributed by atoms with Gasteiger partial charge in [-0.1, -0.05) is 6.07 Å². The average molecular weight is 245 g/mol. The Bertz CT molecular complexity index is 570. The molecule has 1 aromatic rings. The van der Waals surface area contributed by atoms with Crippen molar-refractivity contribution in [1.82, 2.24) is 0 Å². The van der Waals surface area contributed by atoms with Crippen molar-refractivity contribution in [2.45, 2.75) is 19.8 Å². The second-order valence-electron chi connectivity index (χ2n) is 4.40. The number of nitriles is 1. The molecule has 1 saturated carbocycles. The van der Waals surface area contributed by atoms with E-state index in [1.54, 1.807) is 13.0 Å². The first-order valence-electron chi connectivity index (χ1n) is 5.46. The molecule has 0 bridgehead atoms. The van der Waals surface area contributed by atoms with Crippen LogP contribution in [-0.4, -0.2) is 10.8 Å². The Morgan fingerprint density at radius 1 is 1.56 bits per heavy atom. The van der Waals surface area contributed by atoms with E-state index in [4.69, 9.17) is 5.26 Å². The molecule has 1 aliphatic carbocycles. The van der Waals surface area contributed by atoms with Crippen LogP contribution < -0.4 is 5.32 Å². The number of carbonyl (C=O) groups is 1. The van der Waals surface area contributed by atoms with Crippen molar-refractivity contribution >= 4 is 17.3 Å². The number of anilines is 1. The highest BCUT2D eigenvalue weighted by atomic mass is 16.6. The van der Waals surface area contributed by atoms with Crippen LogP contribution >= 0.6 is 0 Å². The lowest BCUT2D eigenvalue weighted by molar-refractivity contribution is -0.384. The number of non-ortho nitro benzene ring substituents is 1. The second kappa shape index (κ2) is 4.11. The first-order valence-corrected chi connectivity index (χ1v) is 5.46. The quantitative estimate of drug-likeness (QED) is 0.651. The predicted molar refractivity (Wildman–Crippen MR) is 63.7 cm³/mol. The molecule has 18 heavy (non-hydrogen) atoms. The third-order valence-electron chi connectivity index (χ3n) is 3.08. The number of amides is 1. The van der Waals surface area contributed by atoms with Crippen molar-refractivity contribution in [2.75, 3.05) is 5.32 Å². The number of nitrogens with one attached hydrogen (secondary N) is 1. The number of nitrogens with zero attached hydrogens (tertiary/aromatic N) is 2. The van der Waals surface area contributed by atoms with Gasteiger partial charge in [0.1, 0.15) is 5.41 Å². The van der Waals surface area contributed by atoms with Gasteiger partial charge in [-0.15, -0.1) is 0 Å². The summed E-state index contributed by atoms with van der Waals surface area (Å²) in [6.07, 6.45) is 1.09. The zero-order chi connectivity index (χ0) is 13.3. The van der Waals surface area contributed by atoms with E-state index in [0.717, 1.165) is 5.56 Å². The molecule has 1 N–H and O–H groups in total. The van der Waals surface area contributed by atoms with Crippen LogP contribution in [0, 0.1) is 33.8 Å². The SMILES string of the molecule is Cc1ccc([N+](=O)[O-])cc1NC(=O)C1(C#N)CC1. The van der Waals surface area contributed by atoms with Crippen molar-refractivity contribution in [3.8, 4) is 6.07 Å². The van der Waals surface area contributed by atoms with Gasteiger partial charge in [0, 0.05) is 12.1 Å². The molecule has 0 aromatic heterocycles. The largest absolute Gasteiger partial charge is 0.324 e. The number of hydrogen-bond acceptors (Lipinski definition) is 4. The standard InChI is InChI=1S/C12H11N3O3/c1-8-2-3-9(15(17)18)6-10(8)14-11(16)12(7-13)4-5-12/h2-3,6H,4-5H2,1H3,(H,14,16). The maximum Gasteiger partial charge on any atom is 0.271 e. The highest BCUT2D eigenvalue weighted by molar-refractivity contribution is 5.99. The number of carbonyl (C=O) groups excluding carboxylic acids is 1. The van der Waals surface area contributed by atoms with Crippen LogP contribution in [0.15, 0.2) is 18.2 Å². The molecule has 92 valence electrons. The molecule has 1 aliphatic rings. The van der Waals surface area contributed by atoms with Gasteiger partial charge >= 0.3 is 0 Å². The fourth-order valence-electron chi connectivity index (χ4n) is 1.61. The van der Waals surface area contributed by atoms with E-state index in [0.29, 0.717) is 18.5 Å². The molecule has 6 heteroatoms. The normalized spacial score (nSPS) is 15.6. The average Bonchev–Trinajstić information content (AvgIpc) is 3.12. The van der Waals surface area contributed by atoms with Crippen LogP contribution in [0.2, 0.25) is 0 Å². The summed E-state index contributed by atoms with van der Waals surface area (Å²) in [5.41, 5.74) is 0.0907. The van der Waals surface area contributed by atoms with Crippen LogP contribution in [0.25, 0.3) is 0 Å². The Labute approximate surface area is 103 Å².